The average Bonchev–Trinajstić information content (AvgIpc) is 3.14. The van der Waals surface area contributed by atoms with E-state index >= 15 is 0 Å². The fourth-order valence-corrected chi connectivity index (χ4v) is 4.66. The van der Waals surface area contributed by atoms with Crippen LogP contribution in [0.15, 0.2) is 54.7 Å². The highest BCUT2D eigenvalue weighted by Crippen LogP contribution is 2.38. The van der Waals surface area contributed by atoms with Gasteiger partial charge in [-0.1, -0.05) is 44.4 Å². The maximum atomic E-state index is 12.4. The van der Waals surface area contributed by atoms with E-state index in [0.29, 0.717) is 12.2 Å². The minimum Gasteiger partial charge on any atom is -0.494 e. The van der Waals surface area contributed by atoms with Crippen molar-refractivity contribution in [1.29, 1.82) is 0 Å². The van der Waals surface area contributed by atoms with Crippen molar-refractivity contribution in [3.63, 3.8) is 0 Å². The summed E-state index contributed by atoms with van der Waals surface area (Å²) in [5.74, 6) is 1.41. The lowest BCUT2D eigenvalue weighted by atomic mass is 9.87. The molecule has 0 spiro atoms. The van der Waals surface area contributed by atoms with E-state index in [0.717, 1.165) is 65.3 Å². The number of ether oxygens (including phenoxy) is 1. The number of anilines is 1. The third kappa shape index (κ3) is 5.41. The molecule has 0 radical (unpaired) electrons. The average molecular weight is 458 g/mol. The summed E-state index contributed by atoms with van der Waals surface area (Å²) in [5, 5.41) is 0. The van der Waals surface area contributed by atoms with E-state index in [4.69, 9.17) is 15.5 Å². The van der Waals surface area contributed by atoms with Gasteiger partial charge in [0, 0.05) is 36.0 Å². The Kier molecular flexibility index (Phi) is 7.84. The lowest BCUT2D eigenvalue weighted by molar-refractivity contribution is 0.100. The first-order chi connectivity index (χ1) is 16.6. The van der Waals surface area contributed by atoms with Crippen LogP contribution in [-0.4, -0.2) is 30.6 Å². The third-order valence-electron chi connectivity index (χ3n) is 6.56. The third-order valence-corrected chi connectivity index (χ3v) is 6.56. The number of unbranched alkanes of at least 4 members (excludes halogenated alkanes) is 1. The first kappa shape index (κ1) is 23.8. The molecule has 2 aromatic carbocycles. The van der Waals surface area contributed by atoms with E-state index in [-0.39, 0.29) is 0 Å². The van der Waals surface area contributed by atoms with Gasteiger partial charge in [0.15, 0.2) is 0 Å². The Morgan fingerprint density at radius 3 is 2.26 bits per heavy atom. The summed E-state index contributed by atoms with van der Waals surface area (Å²) in [6, 6.07) is 16.0. The molecule has 3 aromatic rings. The molecule has 2 heterocycles. The van der Waals surface area contributed by atoms with Crippen LogP contribution in [0.5, 0.6) is 5.75 Å². The van der Waals surface area contributed by atoms with Gasteiger partial charge in [-0.25, -0.2) is 4.98 Å². The highest BCUT2D eigenvalue weighted by Gasteiger charge is 2.19. The molecular formula is C29H35N3O2. The standard InChI is InChI=1S/C29H35N3O2/c1-3-4-19-34-24-13-10-22(11-14-24)27-21(2)9-15-25(29(30)33)28(27)23-12-16-26(31-20-23)32-17-7-5-6-8-18-32/h9-16,20H,3-8,17-19H2,1-2H3,(H2,30,33). The van der Waals surface area contributed by atoms with Gasteiger partial charge in [-0.3, -0.25) is 4.79 Å². The van der Waals surface area contributed by atoms with Gasteiger partial charge in [0.25, 0.3) is 0 Å². The molecule has 0 bridgehead atoms. The van der Waals surface area contributed by atoms with Crippen LogP contribution in [-0.2, 0) is 0 Å². The van der Waals surface area contributed by atoms with Crippen LogP contribution in [0.2, 0.25) is 0 Å². The zero-order valence-electron chi connectivity index (χ0n) is 20.3. The molecule has 178 valence electrons. The van der Waals surface area contributed by atoms with E-state index in [2.05, 4.69) is 43.0 Å². The molecule has 5 nitrogen and oxygen atoms in total. The Balaban J connectivity index is 1.72. The van der Waals surface area contributed by atoms with E-state index in [9.17, 15) is 4.79 Å². The number of carbonyl (C=O) groups is 1. The lowest BCUT2D eigenvalue weighted by Crippen LogP contribution is -2.24. The number of hydrogen-bond acceptors (Lipinski definition) is 4. The van der Waals surface area contributed by atoms with Crippen molar-refractivity contribution in [2.45, 2.75) is 52.4 Å². The summed E-state index contributed by atoms with van der Waals surface area (Å²) >= 11 is 0. The molecule has 4 rings (SSSR count). The molecule has 1 aliphatic heterocycles. The largest absolute Gasteiger partial charge is 0.494 e. The van der Waals surface area contributed by atoms with Gasteiger partial charge >= 0.3 is 0 Å². The van der Waals surface area contributed by atoms with Crippen LogP contribution in [0.25, 0.3) is 22.3 Å². The topological polar surface area (TPSA) is 68.5 Å². The molecule has 0 saturated carbocycles. The summed E-state index contributed by atoms with van der Waals surface area (Å²) in [4.78, 5) is 19.6. The van der Waals surface area contributed by atoms with Gasteiger partial charge in [0.2, 0.25) is 5.91 Å². The van der Waals surface area contributed by atoms with Gasteiger partial charge in [-0.15, -0.1) is 0 Å². The van der Waals surface area contributed by atoms with Crippen LogP contribution >= 0.6 is 0 Å². The molecule has 5 heteroatoms. The number of primary amides is 1. The van der Waals surface area contributed by atoms with Crippen LogP contribution in [0.3, 0.4) is 0 Å². The number of rotatable bonds is 8. The van der Waals surface area contributed by atoms with Gasteiger partial charge in [0.05, 0.1) is 6.61 Å². The number of amides is 1. The van der Waals surface area contributed by atoms with E-state index in [1.54, 1.807) is 0 Å². The van der Waals surface area contributed by atoms with Gasteiger partial charge in [-0.2, -0.15) is 0 Å². The van der Waals surface area contributed by atoms with Crippen molar-refractivity contribution < 1.29 is 9.53 Å². The van der Waals surface area contributed by atoms with Crippen LogP contribution in [0.4, 0.5) is 5.82 Å². The molecule has 1 aromatic heterocycles. The molecule has 1 fully saturated rings. The molecule has 34 heavy (non-hydrogen) atoms. The quantitative estimate of drug-likeness (QED) is 0.398. The fourth-order valence-electron chi connectivity index (χ4n) is 4.66. The fraction of sp³-hybridized carbons (Fsp3) is 0.379. The summed E-state index contributed by atoms with van der Waals surface area (Å²) in [6.45, 7) is 7.01. The zero-order valence-corrected chi connectivity index (χ0v) is 20.3. The Bertz CT molecular complexity index is 1100. The van der Waals surface area contributed by atoms with Gasteiger partial charge < -0.3 is 15.4 Å². The van der Waals surface area contributed by atoms with Crippen molar-refractivity contribution in [2.75, 3.05) is 24.6 Å². The number of aryl methyl sites for hydroxylation is 1. The normalized spacial score (nSPS) is 14.0. The molecule has 0 aliphatic carbocycles. The molecular weight excluding hydrogens is 422 g/mol. The van der Waals surface area contributed by atoms with Gasteiger partial charge in [0.1, 0.15) is 11.6 Å². The molecule has 0 unspecified atom stereocenters. The SMILES string of the molecule is CCCCOc1ccc(-c2c(C)ccc(C(N)=O)c2-c2ccc(N3CCCCCC3)nc2)cc1. The highest BCUT2D eigenvalue weighted by atomic mass is 16.5. The number of carbonyl (C=O) groups excluding carboxylic acids is 1. The zero-order chi connectivity index (χ0) is 23.9. The molecule has 2 N–H and O–H groups in total. The van der Waals surface area contributed by atoms with Crippen molar-refractivity contribution in [1.82, 2.24) is 4.98 Å². The Hall–Kier alpha value is -3.34. The second-order valence-corrected chi connectivity index (χ2v) is 9.08. The van der Waals surface area contributed by atoms with Crippen LogP contribution < -0.4 is 15.4 Å². The van der Waals surface area contributed by atoms with E-state index in [1.165, 1.54) is 25.7 Å². The first-order valence-electron chi connectivity index (χ1n) is 12.5. The Labute approximate surface area is 203 Å². The molecule has 0 atom stereocenters. The van der Waals surface area contributed by atoms with Crippen molar-refractivity contribution in [3.8, 4) is 28.0 Å². The Morgan fingerprint density at radius 2 is 1.65 bits per heavy atom. The lowest BCUT2D eigenvalue weighted by Gasteiger charge is -2.22. The van der Waals surface area contributed by atoms with Crippen molar-refractivity contribution >= 4 is 11.7 Å². The predicted molar refractivity (Wildman–Crippen MR) is 139 cm³/mol. The maximum absolute atomic E-state index is 12.4. The monoisotopic (exact) mass is 457 g/mol. The number of pyridine rings is 1. The minimum absolute atomic E-state index is 0.438. The molecule has 1 saturated heterocycles. The summed E-state index contributed by atoms with van der Waals surface area (Å²) in [7, 11) is 0. The number of hydrogen-bond donors (Lipinski definition) is 1. The minimum atomic E-state index is -0.438. The first-order valence-corrected chi connectivity index (χ1v) is 12.5. The van der Waals surface area contributed by atoms with Crippen molar-refractivity contribution in [2.24, 2.45) is 5.73 Å². The van der Waals surface area contributed by atoms with Crippen LogP contribution in [0.1, 0.15) is 61.4 Å². The second-order valence-electron chi connectivity index (χ2n) is 9.08. The smallest absolute Gasteiger partial charge is 0.249 e. The van der Waals surface area contributed by atoms with E-state index in [1.807, 2.05) is 30.5 Å². The predicted octanol–water partition coefficient (Wildman–Crippen LogP) is 6.38. The number of benzene rings is 2. The highest BCUT2D eigenvalue weighted by molar-refractivity contribution is 6.04. The molecule has 1 aliphatic rings. The summed E-state index contributed by atoms with van der Waals surface area (Å²) in [5.41, 5.74) is 11.2. The second kappa shape index (κ2) is 11.2. The summed E-state index contributed by atoms with van der Waals surface area (Å²) < 4.78 is 5.84. The number of aromatic nitrogens is 1. The maximum Gasteiger partial charge on any atom is 0.249 e. The summed E-state index contributed by atoms with van der Waals surface area (Å²) in [6.07, 6.45) is 8.99. The van der Waals surface area contributed by atoms with Gasteiger partial charge in [-0.05, 0) is 73.2 Å². The van der Waals surface area contributed by atoms with Crippen molar-refractivity contribution in [3.05, 3.63) is 65.9 Å². The number of nitrogens with zero attached hydrogens (tertiary/aromatic N) is 2. The van der Waals surface area contributed by atoms with Crippen LogP contribution in [0, 0.1) is 6.92 Å². The van der Waals surface area contributed by atoms with E-state index < -0.39 is 5.91 Å². The Morgan fingerprint density at radius 1 is 0.941 bits per heavy atom. The molecule has 1 amide bonds. The number of nitrogens with two attached hydrogens (primary N) is 1.